The van der Waals surface area contributed by atoms with Crippen molar-refractivity contribution in [2.24, 2.45) is 5.73 Å². The number of hydrogen-bond acceptors (Lipinski definition) is 4. The molecule has 1 atom stereocenters. The lowest BCUT2D eigenvalue weighted by molar-refractivity contribution is -0.117. The minimum Gasteiger partial charge on any atom is -0.478 e. The Hall–Kier alpha value is -1.89. The summed E-state index contributed by atoms with van der Waals surface area (Å²) in [6, 6.07) is 6.90. The Bertz CT molecular complexity index is 643. The smallest absolute Gasteiger partial charge is 0.337 e. The molecule has 7 heteroatoms. The van der Waals surface area contributed by atoms with Crippen molar-refractivity contribution in [3.63, 3.8) is 0 Å². The number of carboxylic acids is 1. The van der Waals surface area contributed by atoms with Gasteiger partial charge in [0.1, 0.15) is 6.04 Å². The maximum atomic E-state index is 12.0. The molecule has 104 valence electrons. The Morgan fingerprint density at radius 3 is 2.70 bits per heavy atom. The van der Waals surface area contributed by atoms with Gasteiger partial charge in [0.05, 0.1) is 11.3 Å². The van der Waals surface area contributed by atoms with Crippen LogP contribution in [0.15, 0.2) is 35.7 Å². The van der Waals surface area contributed by atoms with Gasteiger partial charge in [0.2, 0.25) is 5.91 Å². The van der Waals surface area contributed by atoms with Crippen LogP contribution in [0.25, 0.3) is 0 Å². The second-order valence-electron chi connectivity index (χ2n) is 3.98. The molecule has 20 heavy (non-hydrogen) atoms. The number of carbonyl (C=O) groups excluding carboxylic acids is 1. The van der Waals surface area contributed by atoms with Crippen LogP contribution in [0.5, 0.6) is 0 Å². The number of halogens is 1. The third-order valence-corrected chi connectivity index (χ3v) is 3.79. The zero-order chi connectivity index (χ0) is 14.7. The van der Waals surface area contributed by atoms with Crippen molar-refractivity contribution in [2.45, 2.75) is 6.04 Å². The van der Waals surface area contributed by atoms with E-state index in [1.54, 1.807) is 12.1 Å². The first-order chi connectivity index (χ1) is 9.49. The van der Waals surface area contributed by atoms with Crippen LogP contribution < -0.4 is 11.1 Å². The van der Waals surface area contributed by atoms with E-state index in [0.717, 1.165) is 0 Å². The fourth-order valence-electron chi connectivity index (χ4n) is 1.61. The van der Waals surface area contributed by atoms with Crippen LogP contribution in [0.4, 0.5) is 5.69 Å². The summed E-state index contributed by atoms with van der Waals surface area (Å²) < 4.78 is 0. The van der Waals surface area contributed by atoms with E-state index in [4.69, 9.17) is 22.4 Å². The van der Waals surface area contributed by atoms with Gasteiger partial charge in [-0.15, -0.1) is 11.3 Å². The molecule has 0 spiro atoms. The number of nitrogens with one attached hydrogen (secondary N) is 1. The molecule has 4 N–H and O–H groups in total. The maximum absolute atomic E-state index is 12.0. The highest BCUT2D eigenvalue weighted by Gasteiger charge is 2.19. The molecule has 5 nitrogen and oxygen atoms in total. The number of rotatable bonds is 4. The predicted octanol–water partition coefficient (Wildman–Crippen LogP) is 2.74. The second-order valence-corrected chi connectivity index (χ2v) is 5.39. The quantitative estimate of drug-likeness (QED) is 0.809. The zero-order valence-corrected chi connectivity index (χ0v) is 11.7. The van der Waals surface area contributed by atoms with E-state index in [9.17, 15) is 9.59 Å². The first-order valence-electron chi connectivity index (χ1n) is 5.61. The number of benzene rings is 1. The van der Waals surface area contributed by atoms with Gasteiger partial charge in [-0.25, -0.2) is 4.79 Å². The summed E-state index contributed by atoms with van der Waals surface area (Å²) in [6.45, 7) is 0. The molecule has 0 bridgehead atoms. The van der Waals surface area contributed by atoms with Gasteiger partial charge in [0.15, 0.2) is 0 Å². The van der Waals surface area contributed by atoms with Gasteiger partial charge in [-0.1, -0.05) is 17.7 Å². The molecule has 1 aromatic heterocycles. The minimum atomic E-state index is -1.17. The molecule has 2 rings (SSSR count). The number of thiophene rings is 1. The van der Waals surface area contributed by atoms with Crippen molar-refractivity contribution in [3.8, 4) is 0 Å². The summed E-state index contributed by atoms with van der Waals surface area (Å²) in [5.74, 6) is -1.65. The molecular formula is C13H11ClN2O3S. The van der Waals surface area contributed by atoms with Crippen LogP contribution in [0.1, 0.15) is 21.3 Å². The van der Waals surface area contributed by atoms with Crippen LogP contribution in [0.2, 0.25) is 5.02 Å². The Morgan fingerprint density at radius 1 is 1.35 bits per heavy atom. The fourth-order valence-corrected chi connectivity index (χ4v) is 2.51. The number of anilines is 1. The topological polar surface area (TPSA) is 92.4 Å². The monoisotopic (exact) mass is 310 g/mol. The molecule has 2 aromatic rings. The van der Waals surface area contributed by atoms with Gasteiger partial charge in [-0.3, -0.25) is 4.79 Å². The average Bonchev–Trinajstić information content (AvgIpc) is 2.93. The summed E-state index contributed by atoms with van der Waals surface area (Å²) >= 11 is 7.10. The first-order valence-corrected chi connectivity index (χ1v) is 6.87. The summed E-state index contributed by atoms with van der Waals surface area (Å²) in [5, 5.41) is 13.7. The number of nitrogens with two attached hydrogens (primary N) is 1. The van der Waals surface area contributed by atoms with Crippen LogP contribution in [0, 0.1) is 0 Å². The van der Waals surface area contributed by atoms with E-state index >= 15 is 0 Å². The number of carbonyl (C=O) groups is 2. The normalized spacial score (nSPS) is 11.9. The highest BCUT2D eigenvalue weighted by Crippen LogP contribution is 2.23. The lowest BCUT2D eigenvalue weighted by Crippen LogP contribution is -2.27. The summed E-state index contributed by atoms with van der Waals surface area (Å²) in [6.07, 6.45) is 0. The van der Waals surface area contributed by atoms with Crippen molar-refractivity contribution in [1.29, 1.82) is 0 Å². The molecule has 0 saturated carbocycles. The molecule has 1 heterocycles. The Kier molecular flexibility index (Phi) is 4.39. The SMILES string of the molecule is NC(C(=O)Nc1ccc(Cl)cc1C(=O)O)c1cccs1. The van der Waals surface area contributed by atoms with Crippen molar-refractivity contribution in [1.82, 2.24) is 0 Å². The molecule has 1 aromatic carbocycles. The van der Waals surface area contributed by atoms with E-state index < -0.39 is 17.9 Å². The molecule has 1 amide bonds. The van der Waals surface area contributed by atoms with Crippen molar-refractivity contribution >= 4 is 40.5 Å². The van der Waals surface area contributed by atoms with Crippen LogP contribution in [0.3, 0.4) is 0 Å². The summed E-state index contributed by atoms with van der Waals surface area (Å²) in [7, 11) is 0. The number of aromatic carboxylic acids is 1. The standard InChI is InChI=1S/C13H11ClN2O3S/c14-7-3-4-9(8(6-7)13(18)19)16-12(17)11(15)10-2-1-5-20-10/h1-6,11H,15H2,(H,16,17)(H,18,19). The van der Waals surface area contributed by atoms with Gasteiger partial charge in [0.25, 0.3) is 0 Å². The molecule has 0 aliphatic rings. The fraction of sp³-hybridized carbons (Fsp3) is 0.0769. The second kappa shape index (κ2) is 6.04. The lowest BCUT2D eigenvalue weighted by Gasteiger charge is -2.12. The molecular weight excluding hydrogens is 300 g/mol. The van der Waals surface area contributed by atoms with E-state index in [2.05, 4.69) is 5.32 Å². The van der Waals surface area contributed by atoms with Crippen molar-refractivity contribution < 1.29 is 14.7 Å². The van der Waals surface area contributed by atoms with Gasteiger partial charge in [-0.05, 0) is 29.6 Å². The molecule has 0 radical (unpaired) electrons. The molecule has 1 unspecified atom stereocenters. The van der Waals surface area contributed by atoms with Gasteiger partial charge in [-0.2, -0.15) is 0 Å². The molecule has 0 aliphatic carbocycles. The minimum absolute atomic E-state index is 0.0794. The largest absolute Gasteiger partial charge is 0.478 e. The number of amides is 1. The maximum Gasteiger partial charge on any atom is 0.337 e. The van der Waals surface area contributed by atoms with Gasteiger partial charge in [0, 0.05) is 9.90 Å². The van der Waals surface area contributed by atoms with E-state index in [1.165, 1.54) is 29.5 Å². The Balaban J connectivity index is 2.22. The molecule has 0 aliphatic heterocycles. The van der Waals surface area contributed by atoms with Crippen molar-refractivity contribution in [2.75, 3.05) is 5.32 Å². The molecule has 0 fully saturated rings. The van der Waals surface area contributed by atoms with Crippen LogP contribution in [-0.2, 0) is 4.79 Å². The predicted molar refractivity (Wildman–Crippen MR) is 78.3 cm³/mol. The number of hydrogen-bond donors (Lipinski definition) is 3. The van der Waals surface area contributed by atoms with E-state index in [0.29, 0.717) is 4.88 Å². The van der Waals surface area contributed by atoms with Crippen LogP contribution >= 0.6 is 22.9 Å². The summed E-state index contributed by atoms with van der Waals surface area (Å²) in [4.78, 5) is 23.8. The Morgan fingerprint density at radius 2 is 2.10 bits per heavy atom. The van der Waals surface area contributed by atoms with E-state index in [-0.39, 0.29) is 16.3 Å². The third-order valence-electron chi connectivity index (χ3n) is 2.60. The zero-order valence-electron chi connectivity index (χ0n) is 10.2. The number of carboxylic acid groups (broad SMARTS) is 1. The Labute approximate surface area is 124 Å². The molecule has 0 saturated heterocycles. The lowest BCUT2D eigenvalue weighted by atomic mass is 10.1. The highest BCUT2D eigenvalue weighted by atomic mass is 35.5. The average molecular weight is 311 g/mol. The van der Waals surface area contributed by atoms with Crippen LogP contribution in [-0.4, -0.2) is 17.0 Å². The first kappa shape index (κ1) is 14.5. The van der Waals surface area contributed by atoms with Gasteiger partial charge < -0.3 is 16.2 Å². The van der Waals surface area contributed by atoms with E-state index in [1.807, 2.05) is 5.38 Å². The highest BCUT2D eigenvalue weighted by molar-refractivity contribution is 7.10. The summed E-state index contributed by atoms with van der Waals surface area (Å²) in [5.41, 5.74) is 5.90. The van der Waals surface area contributed by atoms with Gasteiger partial charge >= 0.3 is 5.97 Å². The van der Waals surface area contributed by atoms with Crippen molar-refractivity contribution in [3.05, 3.63) is 51.2 Å². The third kappa shape index (κ3) is 3.16.